The molecule has 0 saturated carbocycles. The summed E-state index contributed by atoms with van der Waals surface area (Å²) in [4.78, 5) is 10.6. The van der Waals surface area contributed by atoms with E-state index in [1.54, 1.807) is 24.3 Å². The standard InChI is InChI=1S/C14H8FNO2/c15-12-5-10(9-17)6-13(7-12)18-14-4-2-1-3-11(14)8-16/h1-7,9H. The van der Waals surface area contributed by atoms with E-state index in [4.69, 9.17) is 10.00 Å². The van der Waals surface area contributed by atoms with Crippen LogP contribution in [0.25, 0.3) is 0 Å². The molecule has 2 aromatic rings. The number of para-hydroxylation sites is 1. The van der Waals surface area contributed by atoms with Gasteiger partial charge in [-0.15, -0.1) is 0 Å². The molecule has 0 bridgehead atoms. The van der Waals surface area contributed by atoms with Crippen molar-refractivity contribution in [2.45, 2.75) is 0 Å². The Labute approximate surface area is 103 Å². The molecular formula is C14H8FNO2. The summed E-state index contributed by atoms with van der Waals surface area (Å²) in [7, 11) is 0. The van der Waals surface area contributed by atoms with Gasteiger partial charge in [0.15, 0.2) is 0 Å². The maximum atomic E-state index is 13.2. The van der Waals surface area contributed by atoms with E-state index in [1.807, 2.05) is 6.07 Å². The molecule has 0 atom stereocenters. The first-order valence-electron chi connectivity index (χ1n) is 5.15. The molecule has 0 unspecified atom stereocenters. The Balaban J connectivity index is 2.37. The summed E-state index contributed by atoms with van der Waals surface area (Å²) in [5.74, 6) is -0.0636. The fourth-order valence-corrected chi connectivity index (χ4v) is 1.49. The highest BCUT2D eigenvalue weighted by Crippen LogP contribution is 2.25. The second kappa shape index (κ2) is 5.11. The minimum Gasteiger partial charge on any atom is -0.456 e. The SMILES string of the molecule is N#Cc1ccccc1Oc1cc(F)cc(C=O)c1. The summed E-state index contributed by atoms with van der Waals surface area (Å²) < 4.78 is 18.6. The quantitative estimate of drug-likeness (QED) is 0.774. The van der Waals surface area contributed by atoms with Crippen LogP contribution < -0.4 is 4.74 Å². The van der Waals surface area contributed by atoms with Crippen molar-refractivity contribution in [2.75, 3.05) is 0 Å². The summed E-state index contributed by atoms with van der Waals surface area (Å²) in [6.45, 7) is 0. The van der Waals surface area contributed by atoms with Crippen LogP contribution in [0.1, 0.15) is 15.9 Å². The predicted octanol–water partition coefficient (Wildman–Crippen LogP) is 3.30. The van der Waals surface area contributed by atoms with Gasteiger partial charge in [-0.25, -0.2) is 4.39 Å². The molecule has 0 radical (unpaired) electrons. The van der Waals surface area contributed by atoms with E-state index in [0.717, 1.165) is 12.1 Å². The van der Waals surface area contributed by atoms with Crippen molar-refractivity contribution in [2.24, 2.45) is 0 Å². The van der Waals surface area contributed by atoms with E-state index in [1.165, 1.54) is 6.07 Å². The summed E-state index contributed by atoms with van der Waals surface area (Å²) in [5, 5.41) is 8.89. The third kappa shape index (κ3) is 2.53. The lowest BCUT2D eigenvalue weighted by Crippen LogP contribution is -1.91. The van der Waals surface area contributed by atoms with Crippen molar-refractivity contribution in [3.63, 3.8) is 0 Å². The number of nitrogens with zero attached hydrogens (tertiary/aromatic N) is 1. The van der Waals surface area contributed by atoms with E-state index in [2.05, 4.69) is 0 Å². The molecule has 3 nitrogen and oxygen atoms in total. The van der Waals surface area contributed by atoms with E-state index < -0.39 is 5.82 Å². The van der Waals surface area contributed by atoms with Crippen molar-refractivity contribution in [3.8, 4) is 17.6 Å². The lowest BCUT2D eigenvalue weighted by molar-refractivity contribution is 0.112. The number of ether oxygens (including phenoxy) is 1. The molecule has 88 valence electrons. The number of carbonyl (C=O) groups excluding carboxylic acids is 1. The van der Waals surface area contributed by atoms with Gasteiger partial charge in [-0.1, -0.05) is 12.1 Å². The van der Waals surface area contributed by atoms with Gasteiger partial charge in [0.05, 0.1) is 5.56 Å². The van der Waals surface area contributed by atoms with Gasteiger partial charge in [-0.3, -0.25) is 4.79 Å². The fourth-order valence-electron chi connectivity index (χ4n) is 1.49. The third-order valence-electron chi connectivity index (χ3n) is 2.27. The maximum Gasteiger partial charge on any atom is 0.150 e. The Bertz CT molecular complexity index is 632. The number of hydrogen-bond donors (Lipinski definition) is 0. The normalized spacial score (nSPS) is 9.56. The second-order valence-corrected chi connectivity index (χ2v) is 3.55. The molecule has 0 spiro atoms. The van der Waals surface area contributed by atoms with Crippen LogP contribution in [0, 0.1) is 17.1 Å². The van der Waals surface area contributed by atoms with Crippen LogP contribution in [0.15, 0.2) is 42.5 Å². The molecule has 4 heteroatoms. The van der Waals surface area contributed by atoms with Gasteiger partial charge in [-0.2, -0.15) is 5.26 Å². The number of rotatable bonds is 3. The highest BCUT2D eigenvalue weighted by molar-refractivity contribution is 5.75. The van der Waals surface area contributed by atoms with Gasteiger partial charge >= 0.3 is 0 Å². The van der Waals surface area contributed by atoms with Crippen molar-refractivity contribution in [1.82, 2.24) is 0 Å². The largest absolute Gasteiger partial charge is 0.456 e. The Kier molecular flexibility index (Phi) is 3.35. The summed E-state index contributed by atoms with van der Waals surface area (Å²) in [6, 6.07) is 12.2. The summed E-state index contributed by atoms with van der Waals surface area (Å²) >= 11 is 0. The Hall–Kier alpha value is -2.67. The van der Waals surface area contributed by atoms with Crippen LogP contribution in [-0.2, 0) is 0 Å². The van der Waals surface area contributed by atoms with E-state index in [0.29, 0.717) is 17.6 Å². The van der Waals surface area contributed by atoms with E-state index in [-0.39, 0.29) is 11.3 Å². The van der Waals surface area contributed by atoms with Crippen molar-refractivity contribution in [3.05, 3.63) is 59.4 Å². The van der Waals surface area contributed by atoms with Gasteiger partial charge in [0.2, 0.25) is 0 Å². The molecule has 0 fully saturated rings. The molecule has 18 heavy (non-hydrogen) atoms. The molecule has 0 aliphatic carbocycles. The fraction of sp³-hybridized carbons (Fsp3) is 0. The van der Waals surface area contributed by atoms with Crippen LogP contribution in [-0.4, -0.2) is 6.29 Å². The monoisotopic (exact) mass is 241 g/mol. The molecule has 0 aliphatic rings. The number of aldehydes is 1. The zero-order valence-electron chi connectivity index (χ0n) is 9.26. The number of carbonyl (C=O) groups is 1. The van der Waals surface area contributed by atoms with Gasteiger partial charge in [-0.05, 0) is 24.3 Å². The summed E-state index contributed by atoms with van der Waals surface area (Å²) in [5.41, 5.74) is 0.522. The lowest BCUT2D eigenvalue weighted by atomic mass is 10.2. The second-order valence-electron chi connectivity index (χ2n) is 3.55. The van der Waals surface area contributed by atoms with Crippen LogP contribution >= 0.6 is 0 Å². The molecule has 2 aromatic carbocycles. The average molecular weight is 241 g/mol. The highest BCUT2D eigenvalue weighted by atomic mass is 19.1. The zero-order valence-corrected chi connectivity index (χ0v) is 9.26. The number of benzene rings is 2. The molecule has 0 heterocycles. The van der Waals surface area contributed by atoms with Gasteiger partial charge in [0.1, 0.15) is 29.7 Å². The molecule has 0 aromatic heterocycles. The molecular weight excluding hydrogens is 233 g/mol. The summed E-state index contributed by atoms with van der Waals surface area (Å²) in [6.07, 6.45) is 0.534. The van der Waals surface area contributed by atoms with Crippen LogP contribution in [0.5, 0.6) is 11.5 Å². The van der Waals surface area contributed by atoms with E-state index in [9.17, 15) is 9.18 Å². The van der Waals surface area contributed by atoms with Crippen molar-refractivity contribution >= 4 is 6.29 Å². The first-order valence-corrected chi connectivity index (χ1v) is 5.15. The van der Waals surface area contributed by atoms with Crippen LogP contribution in [0.4, 0.5) is 4.39 Å². The minimum atomic E-state index is -0.566. The molecule has 0 N–H and O–H groups in total. The van der Waals surface area contributed by atoms with Crippen LogP contribution in [0.2, 0.25) is 0 Å². The number of hydrogen-bond acceptors (Lipinski definition) is 3. The first kappa shape index (κ1) is 11.8. The van der Waals surface area contributed by atoms with Crippen molar-refractivity contribution in [1.29, 1.82) is 5.26 Å². The van der Waals surface area contributed by atoms with Crippen molar-refractivity contribution < 1.29 is 13.9 Å². The third-order valence-corrected chi connectivity index (χ3v) is 2.27. The Morgan fingerprint density at radius 3 is 2.72 bits per heavy atom. The lowest BCUT2D eigenvalue weighted by Gasteiger charge is -2.07. The molecule has 0 amide bonds. The first-order chi connectivity index (χ1) is 8.72. The minimum absolute atomic E-state index is 0.180. The predicted molar refractivity (Wildman–Crippen MR) is 63.0 cm³/mol. The zero-order chi connectivity index (χ0) is 13.0. The smallest absolute Gasteiger partial charge is 0.150 e. The van der Waals surface area contributed by atoms with Gasteiger partial charge < -0.3 is 4.74 Å². The molecule has 2 rings (SSSR count). The highest BCUT2D eigenvalue weighted by Gasteiger charge is 2.06. The maximum absolute atomic E-state index is 13.2. The Morgan fingerprint density at radius 2 is 2.00 bits per heavy atom. The van der Waals surface area contributed by atoms with Gasteiger partial charge in [0, 0.05) is 11.6 Å². The topological polar surface area (TPSA) is 50.1 Å². The molecule has 0 aliphatic heterocycles. The van der Waals surface area contributed by atoms with E-state index >= 15 is 0 Å². The van der Waals surface area contributed by atoms with Crippen LogP contribution in [0.3, 0.4) is 0 Å². The average Bonchev–Trinajstić information content (AvgIpc) is 2.38. The molecule has 0 saturated heterocycles. The van der Waals surface area contributed by atoms with Gasteiger partial charge in [0.25, 0.3) is 0 Å². The number of halogens is 1. The Morgan fingerprint density at radius 1 is 1.22 bits per heavy atom. The number of nitriles is 1.